The zero-order chi connectivity index (χ0) is 10.6. The first-order chi connectivity index (χ1) is 6.59. The van der Waals surface area contributed by atoms with Crippen molar-refractivity contribution in [2.45, 2.75) is 32.8 Å². The van der Waals surface area contributed by atoms with Crippen LogP contribution in [0, 0.1) is 11.7 Å². The molecule has 0 amide bonds. The molecule has 0 fully saturated rings. The van der Waals surface area contributed by atoms with Crippen LogP contribution in [0.25, 0.3) is 0 Å². The SMILES string of the molecule is CC(C)CC(O)Cc1ccccc1F. The summed E-state index contributed by atoms with van der Waals surface area (Å²) in [5, 5.41) is 9.63. The molecule has 1 rings (SSSR count). The first kappa shape index (κ1) is 11.2. The minimum atomic E-state index is -0.438. The maximum Gasteiger partial charge on any atom is 0.126 e. The summed E-state index contributed by atoms with van der Waals surface area (Å²) in [4.78, 5) is 0. The van der Waals surface area contributed by atoms with Crippen LogP contribution >= 0.6 is 0 Å². The predicted octanol–water partition coefficient (Wildman–Crippen LogP) is 2.78. The van der Waals surface area contributed by atoms with Crippen molar-refractivity contribution in [3.8, 4) is 0 Å². The van der Waals surface area contributed by atoms with Crippen molar-refractivity contribution in [3.63, 3.8) is 0 Å². The zero-order valence-corrected chi connectivity index (χ0v) is 8.70. The van der Waals surface area contributed by atoms with Gasteiger partial charge >= 0.3 is 0 Å². The van der Waals surface area contributed by atoms with E-state index < -0.39 is 6.10 Å². The first-order valence-electron chi connectivity index (χ1n) is 5.01. The van der Waals surface area contributed by atoms with Crippen molar-refractivity contribution in [2.24, 2.45) is 5.92 Å². The highest BCUT2D eigenvalue weighted by atomic mass is 19.1. The second-order valence-corrected chi connectivity index (χ2v) is 4.08. The smallest absolute Gasteiger partial charge is 0.126 e. The quantitative estimate of drug-likeness (QED) is 0.785. The maximum atomic E-state index is 13.2. The molecule has 0 radical (unpaired) electrons. The highest BCUT2D eigenvalue weighted by Crippen LogP contribution is 2.13. The molecule has 0 spiro atoms. The van der Waals surface area contributed by atoms with E-state index in [2.05, 4.69) is 0 Å². The van der Waals surface area contributed by atoms with E-state index in [1.807, 2.05) is 13.8 Å². The summed E-state index contributed by atoms with van der Waals surface area (Å²) in [5.74, 6) is 0.215. The molecule has 0 saturated carbocycles. The number of benzene rings is 1. The summed E-state index contributed by atoms with van der Waals surface area (Å²) in [7, 11) is 0. The summed E-state index contributed by atoms with van der Waals surface area (Å²) >= 11 is 0. The zero-order valence-electron chi connectivity index (χ0n) is 8.70. The number of hydrogen-bond acceptors (Lipinski definition) is 1. The summed E-state index contributed by atoms with van der Waals surface area (Å²) < 4.78 is 13.2. The summed E-state index contributed by atoms with van der Waals surface area (Å²) in [6.07, 6.45) is 0.686. The van der Waals surface area contributed by atoms with Crippen LogP contribution in [0.1, 0.15) is 25.8 Å². The Morgan fingerprint density at radius 1 is 1.29 bits per heavy atom. The van der Waals surface area contributed by atoms with E-state index in [1.54, 1.807) is 18.2 Å². The summed E-state index contributed by atoms with van der Waals surface area (Å²) in [6, 6.07) is 6.60. The van der Waals surface area contributed by atoms with Crippen LogP contribution in [-0.4, -0.2) is 11.2 Å². The number of hydrogen-bond donors (Lipinski definition) is 1. The molecular weight excluding hydrogens is 179 g/mol. The van der Waals surface area contributed by atoms with Gasteiger partial charge in [0, 0.05) is 6.42 Å². The Morgan fingerprint density at radius 2 is 1.93 bits per heavy atom. The lowest BCUT2D eigenvalue weighted by molar-refractivity contribution is 0.148. The molecular formula is C12H17FO. The standard InChI is InChI=1S/C12H17FO/c1-9(2)7-11(14)8-10-5-3-4-6-12(10)13/h3-6,9,11,14H,7-8H2,1-2H3. The van der Waals surface area contributed by atoms with Crippen molar-refractivity contribution >= 4 is 0 Å². The lowest BCUT2D eigenvalue weighted by Crippen LogP contribution is -2.14. The van der Waals surface area contributed by atoms with Crippen LogP contribution in [0.3, 0.4) is 0 Å². The Balaban J connectivity index is 2.56. The van der Waals surface area contributed by atoms with E-state index in [9.17, 15) is 9.50 Å². The second kappa shape index (κ2) is 5.11. The van der Waals surface area contributed by atoms with E-state index in [4.69, 9.17) is 0 Å². The highest BCUT2D eigenvalue weighted by molar-refractivity contribution is 5.17. The van der Waals surface area contributed by atoms with E-state index in [0.29, 0.717) is 24.3 Å². The van der Waals surface area contributed by atoms with Gasteiger partial charge in [-0.1, -0.05) is 32.0 Å². The predicted molar refractivity (Wildman–Crippen MR) is 55.6 cm³/mol. The van der Waals surface area contributed by atoms with Crippen LogP contribution < -0.4 is 0 Å². The van der Waals surface area contributed by atoms with E-state index in [1.165, 1.54) is 6.07 Å². The second-order valence-electron chi connectivity index (χ2n) is 4.08. The van der Waals surface area contributed by atoms with Gasteiger partial charge in [-0.2, -0.15) is 0 Å². The van der Waals surface area contributed by atoms with Gasteiger partial charge in [-0.15, -0.1) is 0 Å². The topological polar surface area (TPSA) is 20.2 Å². The van der Waals surface area contributed by atoms with Crippen LogP contribution in [0.5, 0.6) is 0 Å². The third-order valence-corrected chi connectivity index (χ3v) is 2.16. The minimum Gasteiger partial charge on any atom is -0.393 e. The molecule has 1 aromatic rings. The Morgan fingerprint density at radius 3 is 2.50 bits per heavy atom. The highest BCUT2D eigenvalue weighted by Gasteiger charge is 2.10. The molecule has 0 aliphatic rings. The Bertz CT molecular complexity index is 283. The van der Waals surface area contributed by atoms with Crippen molar-refractivity contribution in [3.05, 3.63) is 35.6 Å². The van der Waals surface area contributed by atoms with Crippen molar-refractivity contribution in [1.29, 1.82) is 0 Å². The Kier molecular flexibility index (Phi) is 4.08. The third-order valence-electron chi connectivity index (χ3n) is 2.16. The molecule has 14 heavy (non-hydrogen) atoms. The fraction of sp³-hybridized carbons (Fsp3) is 0.500. The third kappa shape index (κ3) is 3.46. The summed E-state index contributed by atoms with van der Waals surface area (Å²) in [5.41, 5.74) is 0.598. The average molecular weight is 196 g/mol. The lowest BCUT2D eigenvalue weighted by atomic mass is 9.99. The van der Waals surface area contributed by atoms with Gasteiger partial charge in [0.1, 0.15) is 5.82 Å². The van der Waals surface area contributed by atoms with Gasteiger partial charge in [0.2, 0.25) is 0 Å². The molecule has 1 atom stereocenters. The van der Waals surface area contributed by atoms with Gasteiger partial charge < -0.3 is 5.11 Å². The van der Waals surface area contributed by atoms with Crippen LogP contribution in [-0.2, 0) is 6.42 Å². The van der Waals surface area contributed by atoms with Crippen LogP contribution in [0.4, 0.5) is 4.39 Å². The van der Waals surface area contributed by atoms with E-state index in [-0.39, 0.29) is 5.82 Å². The molecule has 0 aliphatic heterocycles. The maximum absolute atomic E-state index is 13.2. The molecule has 2 heteroatoms. The monoisotopic (exact) mass is 196 g/mol. The number of aliphatic hydroxyl groups excluding tert-OH is 1. The van der Waals surface area contributed by atoms with Gasteiger partial charge in [-0.3, -0.25) is 0 Å². The largest absolute Gasteiger partial charge is 0.393 e. The average Bonchev–Trinajstić information content (AvgIpc) is 2.07. The molecule has 0 saturated heterocycles. The minimum absolute atomic E-state index is 0.227. The molecule has 1 aromatic carbocycles. The molecule has 0 aliphatic carbocycles. The molecule has 1 nitrogen and oxygen atoms in total. The molecule has 0 bridgehead atoms. The van der Waals surface area contributed by atoms with Crippen molar-refractivity contribution in [2.75, 3.05) is 0 Å². The molecule has 1 unspecified atom stereocenters. The number of aliphatic hydroxyl groups is 1. The molecule has 1 N–H and O–H groups in total. The van der Waals surface area contributed by atoms with Crippen LogP contribution in [0.15, 0.2) is 24.3 Å². The van der Waals surface area contributed by atoms with Gasteiger partial charge in [-0.05, 0) is 24.0 Å². The first-order valence-corrected chi connectivity index (χ1v) is 5.01. The van der Waals surface area contributed by atoms with Crippen molar-refractivity contribution in [1.82, 2.24) is 0 Å². The Labute approximate surface area is 84.6 Å². The van der Waals surface area contributed by atoms with E-state index >= 15 is 0 Å². The number of rotatable bonds is 4. The molecule has 0 heterocycles. The Hall–Kier alpha value is -0.890. The fourth-order valence-corrected chi connectivity index (χ4v) is 1.55. The van der Waals surface area contributed by atoms with Gasteiger partial charge in [0.05, 0.1) is 6.10 Å². The fourth-order valence-electron chi connectivity index (χ4n) is 1.55. The normalized spacial score (nSPS) is 13.2. The molecule has 78 valence electrons. The van der Waals surface area contributed by atoms with Gasteiger partial charge in [-0.25, -0.2) is 4.39 Å². The lowest BCUT2D eigenvalue weighted by Gasteiger charge is -2.13. The van der Waals surface area contributed by atoms with E-state index in [0.717, 1.165) is 0 Å². The van der Waals surface area contributed by atoms with Gasteiger partial charge in [0.15, 0.2) is 0 Å². The van der Waals surface area contributed by atoms with Crippen molar-refractivity contribution < 1.29 is 9.50 Å². The summed E-state index contributed by atoms with van der Waals surface area (Å²) in [6.45, 7) is 4.09. The van der Waals surface area contributed by atoms with Gasteiger partial charge in [0.25, 0.3) is 0 Å². The molecule has 0 aromatic heterocycles. The number of halogens is 1. The van der Waals surface area contributed by atoms with Crippen LogP contribution in [0.2, 0.25) is 0 Å².